The van der Waals surface area contributed by atoms with Gasteiger partial charge in [-0.05, 0) is 25.5 Å². The molecule has 0 spiro atoms. The monoisotopic (exact) mass is 342 g/mol. The van der Waals surface area contributed by atoms with Crippen molar-refractivity contribution in [3.8, 4) is 0 Å². The summed E-state index contributed by atoms with van der Waals surface area (Å²) in [5.74, 6) is -0.0373. The molecule has 2 aliphatic heterocycles. The number of hydrogen-bond donors (Lipinski definition) is 1. The quantitative estimate of drug-likeness (QED) is 0.852. The Bertz CT molecular complexity index is 926. The fraction of sp³-hybridized carbons (Fsp3) is 0.250. The van der Waals surface area contributed by atoms with Gasteiger partial charge in [-0.3, -0.25) is 9.79 Å². The van der Waals surface area contributed by atoms with Crippen molar-refractivity contribution in [1.82, 2.24) is 4.98 Å². The second-order valence-electron chi connectivity index (χ2n) is 5.46. The molecular formula is C16H14N4OS2. The molecule has 23 heavy (non-hydrogen) atoms. The fourth-order valence-corrected chi connectivity index (χ4v) is 5.15. The van der Waals surface area contributed by atoms with Gasteiger partial charge < -0.3 is 5.32 Å². The van der Waals surface area contributed by atoms with Crippen LogP contribution in [0.4, 0.5) is 5.69 Å². The molecule has 1 unspecified atom stereocenters. The van der Waals surface area contributed by atoms with Crippen LogP contribution in [-0.2, 0) is 4.79 Å². The largest absolute Gasteiger partial charge is 0.323 e. The normalized spacial score (nSPS) is 21.1. The molecule has 1 N–H and O–H groups in total. The van der Waals surface area contributed by atoms with Crippen LogP contribution in [0.15, 0.2) is 28.7 Å². The maximum atomic E-state index is 12.5. The zero-order valence-corrected chi connectivity index (χ0v) is 14.3. The minimum Gasteiger partial charge on any atom is -0.323 e. The third-order valence-corrected chi connectivity index (χ3v) is 5.96. The first-order chi connectivity index (χ1) is 11.1. The number of amides is 1. The van der Waals surface area contributed by atoms with Crippen LogP contribution in [0.5, 0.6) is 0 Å². The highest BCUT2D eigenvalue weighted by molar-refractivity contribution is 8.16. The maximum Gasteiger partial charge on any atom is 0.244 e. The molecule has 2 aromatic rings. The SMILES string of the molecule is C=CCN=C1N=C2c3sc4nc(C)cc(C)c4c3NC(=O)C2S1. The van der Waals surface area contributed by atoms with Gasteiger partial charge in [0.1, 0.15) is 10.1 Å². The van der Waals surface area contributed by atoms with E-state index in [0.29, 0.717) is 11.7 Å². The van der Waals surface area contributed by atoms with Gasteiger partial charge in [-0.2, -0.15) is 0 Å². The van der Waals surface area contributed by atoms with Gasteiger partial charge in [-0.1, -0.05) is 17.8 Å². The van der Waals surface area contributed by atoms with E-state index in [4.69, 9.17) is 0 Å². The molecule has 4 heterocycles. The fourth-order valence-electron chi connectivity index (χ4n) is 2.84. The Morgan fingerprint density at radius 3 is 3.09 bits per heavy atom. The van der Waals surface area contributed by atoms with Gasteiger partial charge in [0.25, 0.3) is 0 Å². The van der Waals surface area contributed by atoms with E-state index >= 15 is 0 Å². The molecule has 2 aliphatic rings. The number of hydrogen-bond acceptors (Lipinski definition) is 5. The highest BCUT2D eigenvalue weighted by Gasteiger charge is 2.40. The highest BCUT2D eigenvalue weighted by atomic mass is 32.2. The number of fused-ring (bicyclic) bond motifs is 5. The lowest BCUT2D eigenvalue weighted by molar-refractivity contribution is -0.114. The predicted octanol–water partition coefficient (Wildman–Crippen LogP) is 3.31. The van der Waals surface area contributed by atoms with Crippen molar-refractivity contribution in [2.24, 2.45) is 9.98 Å². The second kappa shape index (κ2) is 5.28. The molecule has 0 fully saturated rings. The smallest absolute Gasteiger partial charge is 0.244 e. The summed E-state index contributed by atoms with van der Waals surface area (Å²) in [6.07, 6.45) is 1.72. The Morgan fingerprint density at radius 2 is 2.30 bits per heavy atom. The van der Waals surface area contributed by atoms with Crippen LogP contribution in [-0.4, -0.2) is 33.6 Å². The van der Waals surface area contributed by atoms with E-state index in [1.807, 2.05) is 19.9 Å². The van der Waals surface area contributed by atoms with E-state index in [1.165, 1.54) is 11.8 Å². The molecule has 0 saturated carbocycles. The average molecular weight is 342 g/mol. The summed E-state index contributed by atoms with van der Waals surface area (Å²) in [6, 6.07) is 2.04. The second-order valence-corrected chi connectivity index (χ2v) is 7.53. The van der Waals surface area contributed by atoms with Crippen LogP contribution in [0, 0.1) is 13.8 Å². The number of carbonyl (C=O) groups is 1. The Kier molecular flexibility index (Phi) is 3.35. The number of aliphatic imine (C=N–C) groups is 2. The predicted molar refractivity (Wildman–Crippen MR) is 98.1 cm³/mol. The molecule has 0 saturated heterocycles. The van der Waals surface area contributed by atoms with E-state index < -0.39 is 0 Å². The number of pyridine rings is 1. The summed E-state index contributed by atoms with van der Waals surface area (Å²) in [4.78, 5) is 28.0. The molecule has 4 rings (SSSR count). The Balaban J connectivity index is 1.93. The summed E-state index contributed by atoms with van der Waals surface area (Å²) >= 11 is 2.98. The van der Waals surface area contributed by atoms with Crippen LogP contribution in [0.3, 0.4) is 0 Å². The van der Waals surface area contributed by atoms with Crippen LogP contribution in [0.25, 0.3) is 10.2 Å². The zero-order chi connectivity index (χ0) is 16.1. The summed E-state index contributed by atoms with van der Waals surface area (Å²) in [5.41, 5.74) is 3.75. The van der Waals surface area contributed by atoms with Gasteiger partial charge in [0, 0.05) is 11.1 Å². The number of amidine groups is 1. The number of nitrogens with one attached hydrogen (secondary N) is 1. The van der Waals surface area contributed by atoms with E-state index in [-0.39, 0.29) is 11.2 Å². The van der Waals surface area contributed by atoms with Crippen LogP contribution < -0.4 is 5.32 Å². The molecule has 0 aromatic carbocycles. The van der Waals surface area contributed by atoms with Gasteiger partial charge >= 0.3 is 0 Å². The lowest BCUT2D eigenvalue weighted by Crippen LogP contribution is -2.35. The number of aryl methyl sites for hydroxylation is 2. The zero-order valence-electron chi connectivity index (χ0n) is 12.7. The van der Waals surface area contributed by atoms with Gasteiger partial charge in [-0.25, -0.2) is 9.98 Å². The summed E-state index contributed by atoms with van der Waals surface area (Å²) < 4.78 is 0. The summed E-state index contributed by atoms with van der Waals surface area (Å²) in [6.45, 7) is 8.19. The maximum absolute atomic E-state index is 12.5. The standard InChI is InChI=1S/C16H14N4OS2/c1-4-5-17-16-20-11-12-10(19-14(21)13(11)23-16)9-7(2)6-8(3)18-15(9)22-12/h4,6,13H,1,5H2,2-3H3,(H,19,21). The average Bonchev–Trinajstić information content (AvgIpc) is 3.06. The van der Waals surface area contributed by atoms with E-state index in [0.717, 1.165) is 37.8 Å². The van der Waals surface area contributed by atoms with Gasteiger partial charge in [0.2, 0.25) is 5.91 Å². The van der Waals surface area contributed by atoms with Crippen molar-refractivity contribution < 1.29 is 4.79 Å². The molecule has 116 valence electrons. The molecule has 1 atom stereocenters. The molecule has 7 heteroatoms. The minimum absolute atomic E-state index is 0.0373. The molecule has 0 radical (unpaired) electrons. The first-order valence-electron chi connectivity index (χ1n) is 7.21. The summed E-state index contributed by atoms with van der Waals surface area (Å²) in [5, 5.41) is 4.39. The first kappa shape index (κ1) is 14.6. The van der Waals surface area contributed by atoms with Crippen molar-refractivity contribution in [2.45, 2.75) is 19.1 Å². The van der Waals surface area contributed by atoms with Crippen LogP contribution in [0.2, 0.25) is 0 Å². The Morgan fingerprint density at radius 1 is 1.48 bits per heavy atom. The Labute approximate surface area is 141 Å². The number of thioether (sulfide) groups is 1. The molecular weight excluding hydrogens is 328 g/mol. The lowest BCUT2D eigenvalue weighted by atomic mass is 10.1. The van der Waals surface area contributed by atoms with Gasteiger partial charge in [0.05, 0.1) is 22.8 Å². The van der Waals surface area contributed by atoms with Crippen molar-refractivity contribution >= 4 is 55.8 Å². The number of thiophene rings is 1. The van der Waals surface area contributed by atoms with Crippen molar-refractivity contribution in [2.75, 3.05) is 11.9 Å². The van der Waals surface area contributed by atoms with Crippen LogP contribution in [0.1, 0.15) is 16.1 Å². The highest BCUT2D eigenvalue weighted by Crippen LogP contribution is 2.44. The molecule has 0 aliphatic carbocycles. The third kappa shape index (κ3) is 2.22. The number of nitrogens with zero attached hydrogens (tertiary/aromatic N) is 3. The van der Waals surface area contributed by atoms with Crippen molar-refractivity contribution in [3.63, 3.8) is 0 Å². The molecule has 2 aromatic heterocycles. The Hall–Kier alpha value is -1.99. The summed E-state index contributed by atoms with van der Waals surface area (Å²) in [7, 11) is 0. The molecule has 5 nitrogen and oxygen atoms in total. The topological polar surface area (TPSA) is 66.7 Å². The van der Waals surface area contributed by atoms with E-state index in [1.54, 1.807) is 17.4 Å². The third-order valence-electron chi connectivity index (χ3n) is 3.75. The lowest BCUT2D eigenvalue weighted by Gasteiger charge is -2.18. The van der Waals surface area contributed by atoms with Gasteiger partial charge in [0.15, 0.2) is 5.17 Å². The number of aromatic nitrogens is 1. The van der Waals surface area contributed by atoms with Crippen molar-refractivity contribution in [3.05, 3.63) is 34.9 Å². The van der Waals surface area contributed by atoms with Crippen molar-refractivity contribution in [1.29, 1.82) is 0 Å². The molecule has 1 amide bonds. The van der Waals surface area contributed by atoms with E-state index in [2.05, 4.69) is 26.9 Å². The van der Waals surface area contributed by atoms with Crippen LogP contribution >= 0.6 is 23.1 Å². The van der Waals surface area contributed by atoms with Gasteiger partial charge in [-0.15, -0.1) is 17.9 Å². The van der Waals surface area contributed by atoms with E-state index in [9.17, 15) is 4.79 Å². The molecule has 0 bridgehead atoms. The first-order valence-corrected chi connectivity index (χ1v) is 8.90. The number of rotatable bonds is 2. The number of anilines is 1. The number of carbonyl (C=O) groups excluding carboxylic acids is 1. The minimum atomic E-state index is -0.319.